The highest BCUT2D eigenvalue weighted by Gasteiger charge is 2.21. The lowest BCUT2D eigenvalue weighted by atomic mass is 9.93. The number of amides is 2. The highest BCUT2D eigenvalue weighted by atomic mass is 32.2. The van der Waals surface area contributed by atoms with Gasteiger partial charge in [-0.05, 0) is 50.5 Å². The van der Waals surface area contributed by atoms with Crippen molar-refractivity contribution in [3.05, 3.63) is 47.1 Å². The molecule has 4 N–H and O–H groups in total. The number of anilines is 2. The predicted octanol–water partition coefficient (Wildman–Crippen LogP) is 3.14. The number of nitrogens with one attached hydrogen (secondary N) is 2. The Balaban J connectivity index is 1.49. The van der Waals surface area contributed by atoms with Crippen LogP contribution in [0.5, 0.6) is 0 Å². The molecule has 0 aliphatic heterocycles. The minimum atomic E-state index is -3.63. The molecule has 162 valence electrons. The summed E-state index contributed by atoms with van der Waals surface area (Å²) in [6.45, 7) is 1.74. The van der Waals surface area contributed by atoms with Crippen LogP contribution in [0.15, 0.2) is 40.1 Å². The van der Waals surface area contributed by atoms with Crippen molar-refractivity contribution in [2.45, 2.75) is 42.3 Å². The Kier molecular flexibility index (Phi) is 5.88. The number of rotatable bonds is 6. The maximum absolute atomic E-state index is 12.6. The zero-order valence-corrected chi connectivity index (χ0v) is 18.5. The van der Waals surface area contributed by atoms with Crippen LogP contribution in [0.3, 0.4) is 0 Å². The minimum absolute atomic E-state index is 0.0549. The second-order valence-corrected chi connectivity index (χ2v) is 10.4. The zero-order chi connectivity index (χ0) is 22.0. The average molecular weight is 459 g/mol. The molecule has 31 heavy (non-hydrogen) atoms. The molecule has 11 heteroatoms. The number of sulfone groups is 1. The first-order valence-electron chi connectivity index (χ1n) is 9.75. The summed E-state index contributed by atoms with van der Waals surface area (Å²) in [5.41, 5.74) is 8.12. The van der Waals surface area contributed by atoms with E-state index in [1.165, 1.54) is 6.07 Å². The zero-order valence-electron chi connectivity index (χ0n) is 16.8. The van der Waals surface area contributed by atoms with Crippen molar-refractivity contribution in [2.75, 3.05) is 11.1 Å². The first-order chi connectivity index (χ1) is 14.8. The van der Waals surface area contributed by atoms with Gasteiger partial charge in [-0.1, -0.05) is 0 Å². The Morgan fingerprint density at radius 3 is 2.55 bits per heavy atom. The molecule has 0 atom stereocenters. The molecule has 2 aromatic heterocycles. The third kappa shape index (κ3) is 5.17. The Hall–Kier alpha value is -3.05. The van der Waals surface area contributed by atoms with Crippen molar-refractivity contribution < 1.29 is 13.2 Å². The monoisotopic (exact) mass is 458 g/mol. The van der Waals surface area contributed by atoms with Crippen molar-refractivity contribution in [2.24, 2.45) is 0 Å². The fourth-order valence-corrected chi connectivity index (χ4v) is 5.43. The molecule has 9 nitrogen and oxygen atoms in total. The number of nitrogens with two attached hydrogens (primary N) is 1. The molecule has 1 aliphatic rings. The van der Waals surface area contributed by atoms with Gasteiger partial charge >= 0.3 is 6.03 Å². The van der Waals surface area contributed by atoms with Gasteiger partial charge in [-0.25, -0.2) is 28.2 Å². The molecule has 3 aromatic rings. The Morgan fingerprint density at radius 1 is 1.19 bits per heavy atom. The van der Waals surface area contributed by atoms with Gasteiger partial charge in [-0.3, -0.25) is 0 Å². The molecular weight excluding hydrogens is 436 g/mol. The largest absolute Gasteiger partial charge is 0.384 e. The van der Waals surface area contributed by atoms with Crippen molar-refractivity contribution in [3.8, 4) is 11.4 Å². The van der Waals surface area contributed by atoms with Crippen LogP contribution in [0.25, 0.3) is 11.4 Å². The summed E-state index contributed by atoms with van der Waals surface area (Å²) < 4.78 is 25.3. The van der Waals surface area contributed by atoms with E-state index in [0.717, 1.165) is 30.6 Å². The maximum atomic E-state index is 12.6. The second-order valence-electron chi connectivity index (χ2n) is 7.43. The summed E-state index contributed by atoms with van der Waals surface area (Å²) in [7, 11) is -3.63. The fraction of sp³-hybridized carbons (Fsp3) is 0.300. The van der Waals surface area contributed by atoms with E-state index in [4.69, 9.17) is 5.73 Å². The van der Waals surface area contributed by atoms with Gasteiger partial charge in [0, 0.05) is 34.4 Å². The molecule has 1 saturated carbocycles. The number of nitrogens with zero attached hydrogens (tertiary/aromatic N) is 3. The van der Waals surface area contributed by atoms with Gasteiger partial charge in [0.25, 0.3) is 0 Å². The van der Waals surface area contributed by atoms with Crippen LogP contribution in [0.4, 0.5) is 16.3 Å². The lowest BCUT2D eigenvalue weighted by Crippen LogP contribution is -2.41. The van der Waals surface area contributed by atoms with Gasteiger partial charge in [-0.2, -0.15) is 0 Å². The maximum Gasteiger partial charge on any atom is 0.319 e. The van der Waals surface area contributed by atoms with E-state index < -0.39 is 9.84 Å². The quantitative estimate of drug-likeness (QED) is 0.515. The first-order valence-corrected chi connectivity index (χ1v) is 12.3. The third-order valence-corrected chi connectivity index (χ3v) is 7.94. The molecule has 2 heterocycles. The first kappa shape index (κ1) is 21.2. The highest BCUT2D eigenvalue weighted by molar-refractivity contribution is 7.92. The topological polar surface area (TPSA) is 140 Å². The fourth-order valence-electron chi connectivity index (χ4n) is 3.06. The minimum Gasteiger partial charge on any atom is -0.384 e. The lowest BCUT2D eigenvalue weighted by Gasteiger charge is -2.26. The van der Waals surface area contributed by atoms with E-state index in [0.29, 0.717) is 22.8 Å². The van der Waals surface area contributed by atoms with Crippen LogP contribution in [0.1, 0.15) is 30.7 Å². The summed E-state index contributed by atoms with van der Waals surface area (Å²) in [5.74, 6) is 0.166. The Bertz CT molecular complexity index is 1200. The SMILES string of the molecule is Cc1csc(S(=O)(=O)Cc2cc(N)nc(-c3ccc(NC(=O)NC4CCC4)cc3)n2)n1. The van der Waals surface area contributed by atoms with Gasteiger partial charge < -0.3 is 16.4 Å². The number of carbonyl (C=O) groups excluding carboxylic acids is 1. The summed E-state index contributed by atoms with van der Waals surface area (Å²) in [5, 5.41) is 7.39. The van der Waals surface area contributed by atoms with Gasteiger partial charge in [0.2, 0.25) is 14.2 Å². The van der Waals surface area contributed by atoms with E-state index in [2.05, 4.69) is 25.6 Å². The van der Waals surface area contributed by atoms with E-state index >= 15 is 0 Å². The number of benzene rings is 1. The van der Waals surface area contributed by atoms with Gasteiger partial charge in [0.05, 0.1) is 11.4 Å². The van der Waals surface area contributed by atoms with Crippen molar-refractivity contribution in [1.82, 2.24) is 20.3 Å². The number of nitrogen functional groups attached to an aromatic ring is 1. The van der Waals surface area contributed by atoms with Gasteiger partial charge in [0.15, 0.2) is 5.82 Å². The van der Waals surface area contributed by atoms with E-state index in [9.17, 15) is 13.2 Å². The van der Waals surface area contributed by atoms with Gasteiger partial charge in [0.1, 0.15) is 5.82 Å². The van der Waals surface area contributed by atoms with Crippen molar-refractivity contribution >= 4 is 38.7 Å². The lowest BCUT2D eigenvalue weighted by molar-refractivity contribution is 0.240. The summed E-state index contributed by atoms with van der Waals surface area (Å²) in [4.78, 5) is 24.6. The van der Waals surface area contributed by atoms with Crippen molar-refractivity contribution in [1.29, 1.82) is 0 Å². The Morgan fingerprint density at radius 2 is 1.94 bits per heavy atom. The molecule has 4 rings (SSSR count). The number of hydrogen-bond acceptors (Lipinski definition) is 8. The van der Waals surface area contributed by atoms with Crippen molar-refractivity contribution in [3.63, 3.8) is 0 Å². The molecule has 0 bridgehead atoms. The second kappa shape index (κ2) is 8.60. The van der Waals surface area contributed by atoms with Crippen LogP contribution in [-0.4, -0.2) is 35.4 Å². The number of aryl methyl sites for hydroxylation is 1. The van der Waals surface area contributed by atoms with Crippen LogP contribution < -0.4 is 16.4 Å². The number of hydrogen-bond donors (Lipinski definition) is 3. The summed E-state index contributed by atoms with van der Waals surface area (Å²) >= 11 is 1.08. The molecule has 1 fully saturated rings. The number of thiazole rings is 1. The summed E-state index contributed by atoms with van der Waals surface area (Å²) in [6, 6.07) is 8.42. The standard InChI is InChI=1S/C20H22N6O3S2/c1-12-10-30-20(22-12)31(28,29)11-16-9-17(21)26-18(23-16)13-5-7-15(8-6-13)25-19(27)24-14-3-2-4-14/h5-10,14H,2-4,11H2,1H3,(H2,21,23,26)(H2,24,25,27). The van der Waals surface area contributed by atoms with E-state index in [-0.39, 0.29) is 33.7 Å². The predicted molar refractivity (Wildman–Crippen MR) is 119 cm³/mol. The molecule has 0 spiro atoms. The average Bonchev–Trinajstić information content (AvgIpc) is 3.12. The highest BCUT2D eigenvalue weighted by Crippen LogP contribution is 2.24. The normalized spacial score (nSPS) is 14.1. The number of aromatic nitrogens is 3. The van der Waals surface area contributed by atoms with Crippen LogP contribution in [0, 0.1) is 6.92 Å². The molecule has 1 aromatic carbocycles. The van der Waals surface area contributed by atoms with Crippen LogP contribution in [0.2, 0.25) is 0 Å². The van der Waals surface area contributed by atoms with E-state index in [1.807, 2.05) is 0 Å². The third-order valence-electron chi connectivity index (χ3n) is 4.84. The Labute approximate surface area is 184 Å². The van der Waals surface area contributed by atoms with Crippen LogP contribution >= 0.6 is 11.3 Å². The molecule has 1 aliphatic carbocycles. The molecule has 0 saturated heterocycles. The summed E-state index contributed by atoms with van der Waals surface area (Å²) in [6.07, 6.45) is 3.17. The van der Waals surface area contributed by atoms with Crippen LogP contribution in [-0.2, 0) is 15.6 Å². The molecule has 0 radical (unpaired) electrons. The number of carbonyl (C=O) groups is 1. The molecular formula is C20H22N6O3S2. The smallest absolute Gasteiger partial charge is 0.319 e. The number of urea groups is 1. The molecule has 2 amide bonds. The van der Waals surface area contributed by atoms with E-state index in [1.54, 1.807) is 36.6 Å². The molecule has 0 unspecified atom stereocenters. The van der Waals surface area contributed by atoms with Gasteiger partial charge in [-0.15, -0.1) is 11.3 Å².